The Kier molecular flexibility index (Phi) is 6.38. The average Bonchev–Trinajstić information content (AvgIpc) is 2.59. The van der Waals surface area contributed by atoms with Gasteiger partial charge in [0, 0.05) is 18.0 Å². The zero-order valence-corrected chi connectivity index (χ0v) is 14.5. The number of aryl methyl sites for hydroxylation is 1. The summed E-state index contributed by atoms with van der Waals surface area (Å²) in [6.45, 7) is 4.05. The minimum absolute atomic E-state index is 0.0761. The molecule has 0 saturated heterocycles. The van der Waals surface area contributed by atoms with E-state index < -0.39 is 0 Å². The average molecular weight is 346 g/mol. The summed E-state index contributed by atoms with van der Waals surface area (Å²) >= 11 is 5.93. The van der Waals surface area contributed by atoms with Gasteiger partial charge in [-0.2, -0.15) is 0 Å². The predicted molar refractivity (Wildman–Crippen MR) is 94.6 cm³/mol. The number of amides is 1. The molecular formula is C19H20ClNO3. The lowest BCUT2D eigenvalue weighted by Crippen LogP contribution is -2.28. The molecule has 1 N–H and O–H groups in total. The molecule has 1 amide bonds. The van der Waals surface area contributed by atoms with E-state index in [1.54, 1.807) is 25.1 Å². The van der Waals surface area contributed by atoms with Crippen molar-refractivity contribution in [1.29, 1.82) is 0 Å². The van der Waals surface area contributed by atoms with Crippen LogP contribution in [-0.4, -0.2) is 18.3 Å². The molecule has 0 aliphatic heterocycles. The second-order valence-corrected chi connectivity index (χ2v) is 5.85. The van der Waals surface area contributed by atoms with Gasteiger partial charge in [0.05, 0.1) is 5.56 Å². The molecule has 0 bridgehead atoms. The first-order valence-electron chi connectivity index (χ1n) is 7.78. The second-order valence-electron chi connectivity index (χ2n) is 5.41. The van der Waals surface area contributed by atoms with Crippen LogP contribution in [0.25, 0.3) is 0 Å². The summed E-state index contributed by atoms with van der Waals surface area (Å²) in [5.41, 5.74) is 2.57. The van der Waals surface area contributed by atoms with Crippen molar-refractivity contribution in [2.75, 3.05) is 6.61 Å². The Morgan fingerprint density at radius 3 is 2.62 bits per heavy atom. The molecule has 0 aliphatic rings. The number of ketones is 1. The molecule has 5 heteroatoms. The number of hydrogen-bond donors (Lipinski definition) is 1. The van der Waals surface area contributed by atoms with Crippen molar-refractivity contribution < 1.29 is 14.3 Å². The third-order valence-corrected chi connectivity index (χ3v) is 3.89. The van der Waals surface area contributed by atoms with Crippen LogP contribution in [0, 0.1) is 6.92 Å². The Hall–Kier alpha value is -2.33. The van der Waals surface area contributed by atoms with E-state index in [-0.39, 0.29) is 18.3 Å². The molecule has 2 rings (SSSR count). The molecule has 126 valence electrons. The first-order valence-corrected chi connectivity index (χ1v) is 8.15. The van der Waals surface area contributed by atoms with Crippen LogP contribution in [0.1, 0.15) is 34.8 Å². The molecule has 0 unspecified atom stereocenters. The van der Waals surface area contributed by atoms with Gasteiger partial charge < -0.3 is 10.1 Å². The first kappa shape index (κ1) is 18.0. The third-order valence-electron chi connectivity index (χ3n) is 3.66. The van der Waals surface area contributed by atoms with Crippen LogP contribution in [0.3, 0.4) is 0 Å². The molecule has 2 aromatic carbocycles. The number of carbonyl (C=O) groups is 2. The summed E-state index contributed by atoms with van der Waals surface area (Å²) in [5.74, 6) is 0.0493. The van der Waals surface area contributed by atoms with Crippen LogP contribution in [-0.2, 0) is 11.3 Å². The Labute approximate surface area is 146 Å². The second kappa shape index (κ2) is 8.50. The highest BCUT2D eigenvalue weighted by atomic mass is 35.5. The third kappa shape index (κ3) is 4.83. The lowest BCUT2D eigenvalue weighted by Gasteiger charge is -2.12. The smallest absolute Gasteiger partial charge is 0.258 e. The highest BCUT2D eigenvalue weighted by Gasteiger charge is 2.13. The summed E-state index contributed by atoms with van der Waals surface area (Å²) in [4.78, 5) is 23.9. The van der Waals surface area contributed by atoms with Gasteiger partial charge in [-0.15, -0.1) is 0 Å². The summed E-state index contributed by atoms with van der Waals surface area (Å²) < 4.78 is 5.50. The lowest BCUT2D eigenvalue weighted by atomic mass is 10.1. The number of hydrogen-bond acceptors (Lipinski definition) is 3. The fraction of sp³-hybridized carbons (Fsp3) is 0.263. The van der Waals surface area contributed by atoms with Crippen LogP contribution < -0.4 is 10.1 Å². The minimum Gasteiger partial charge on any atom is -0.483 e. The number of benzene rings is 2. The summed E-state index contributed by atoms with van der Waals surface area (Å²) in [7, 11) is 0. The molecular weight excluding hydrogens is 326 g/mol. The van der Waals surface area contributed by atoms with Crippen molar-refractivity contribution in [3.63, 3.8) is 0 Å². The van der Waals surface area contributed by atoms with Gasteiger partial charge in [-0.1, -0.05) is 42.8 Å². The Balaban J connectivity index is 1.94. The summed E-state index contributed by atoms with van der Waals surface area (Å²) in [6.07, 6.45) is 0.343. The van der Waals surface area contributed by atoms with Gasteiger partial charge in [0.2, 0.25) is 0 Å². The molecule has 0 spiro atoms. The van der Waals surface area contributed by atoms with Gasteiger partial charge >= 0.3 is 0 Å². The summed E-state index contributed by atoms with van der Waals surface area (Å²) in [5, 5.41) is 3.27. The molecule has 0 aliphatic carbocycles. The number of rotatable bonds is 7. The molecule has 0 radical (unpaired) electrons. The van der Waals surface area contributed by atoms with E-state index in [2.05, 4.69) is 5.32 Å². The molecule has 4 nitrogen and oxygen atoms in total. The molecule has 2 aromatic rings. The highest BCUT2D eigenvalue weighted by Crippen LogP contribution is 2.24. The Morgan fingerprint density at radius 2 is 1.92 bits per heavy atom. The van der Waals surface area contributed by atoms with Crippen molar-refractivity contribution in [3.8, 4) is 5.75 Å². The SMILES string of the molecule is CCC(=O)c1cc(Cl)ccc1OCC(=O)NCc1ccccc1C. The van der Waals surface area contributed by atoms with Crippen molar-refractivity contribution in [1.82, 2.24) is 5.32 Å². The van der Waals surface area contributed by atoms with E-state index in [9.17, 15) is 9.59 Å². The van der Waals surface area contributed by atoms with Crippen LogP contribution >= 0.6 is 11.6 Å². The molecule has 0 atom stereocenters. The van der Waals surface area contributed by atoms with Gasteiger partial charge in [-0.3, -0.25) is 9.59 Å². The largest absolute Gasteiger partial charge is 0.483 e. The fourth-order valence-electron chi connectivity index (χ4n) is 2.23. The molecule has 24 heavy (non-hydrogen) atoms. The van der Waals surface area contributed by atoms with E-state index in [1.807, 2.05) is 31.2 Å². The number of halogens is 1. The normalized spacial score (nSPS) is 10.3. The van der Waals surface area contributed by atoms with E-state index in [0.717, 1.165) is 11.1 Å². The molecule has 0 aromatic heterocycles. The maximum absolute atomic E-state index is 12.0. The van der Waals surface area contributed by atoms with Gasteiger partial charge in [0.15, 0.2) is 12.4 Å². The number of nitrogens with one attached hydrogen (secondary N) is 1. The molecule has 0 fully saturated rings. The maximum atomic E-state index is 12.0. The highest BCUT2D eigenvalue weighted by molar-refractivity contribution is 6.31. The van der Waals surface area contributed by atoms with Crippen LogP contribution in [0.5, 0.6) is 5.75 Å². The standard InChI is InChI=1S/C19H20ClNO3/c1-3-17(22)16-10-15(20)8-9-18(16)24-12-19(23)21-11-14-7-5-4-6-13(14)2/h4-10H,3,11-12H2,1-2H3,(H,21,23). The van der Waals surface area contributed by atoms with Crippen molar-refractivity contribution in [2.24, 2.45) is 0 Å². The number of Topliss-reactive ketones (excluding diaryl/α,β-unsaturated/α-hetero) is 1. The van der Waals surface area contributed by atoms with Crippen molar-refractivity contribution in [2.45, 2.75) is 26.8 Å². The minimum atomic E-state index is -0.247. The monoisotopic (exact) mass is 345 g/mol. The Bertz CT molecular complexity index is 743. The fourth-order valence-corrected chi connectivity index (χ4v) is 2.41. The maximum Gasteiger partial charge on any atom is 0.258 e. The van der Waals surface area contributed by atoms with Crippen LogP contribution in [0.2, 0.25) is 5.02 Å². The van der Waals surface area contributed by atoms with Crippen LogP contribution in [0.4, 0.5) is 0 Å². The van der Waals surface area contributed by atoms with Crippen LogP contribution in [0.15, 0.2) is 42.5 Å². The molecule has 0 heterocycles. The first-order chi connectivity index (χ1) is 11.5. The Morgan fingerprint density at radius 1 is 1.17 bits per heavy atom. The lowest BCUT2D eigenvalue weighted by molar-refractivity contribution is -0.123. The van der Waals surface area contributed by atoms with Gasteiger partial charge in [0.1, 0.15) is 5.75 Å². The van der Waals surface area contributed by atoms with Crippen molar-refractivity contribution in [3.05, 3.63) is 64.2 Å². The van der Waals surface area contributed by atoms with E-state index >= 15 is 0 Å². The topological polar surface area (TPSA) is 55.4 Å². The van der Waals surface area contributed by atoms with Crippen molar-refractivity contribution >= 4 is 23.3 Å². The molecule has 0 saturated carbocycles. The zero-order chi connectivity index (χ0) is 17.5. The zero-order valence-electron chi connectivity index (χ0n) is 13.8. The quantitative estimate of drug-likeness (QED) is 0.773. The van der Waals surface area contributed by atoms with E-state index in [0.29, 0.717) is 29.3 Å². The van der Waals surface area contributed by atoms with Gasteiger partial charge in [-0.25, -0.2) is 0 Å². The van der Waals surface area contributed by atoms with Gasteiger partial charge in [0.25, 0.3) is 5.91 Å². The van der Waals surface area contributed by atoms with E-state index in [1.165, 1.54) is 0 Å². The number of carbonyl (C=O) groups excluding carboxylic acids is 2. The summed E-state index contributed by atoms with van der Waals surface area (Å²) in [6, 6.07) is 12.7. The van der Waals surface area contributed by atoms with Gasteiger partial charge in [-0.05, 0) is 36.2 Å². The predicted octanol–water partition coefficient (Wildman–Crippen LogP) is 3.94. The van der Waals surface area contributed by atoms with E-state index in [4.69, 9.17) is 16.3 Å². The number of ether oxygens (including phenoxy) is 1.